The van der Waals surface area contributed by atoms with E-state index >= 15 is 0 Å². The Morgan fingerprint density at radius 1 is 1.26 bits per heavy atom. The molecule has 0 aromatic carbocycles. The average molecular weight is 284 g/mol. The van der Waals surface area contributed by atoms with Crippen LogP contribution in [0.4, 0.5) is 5.13 Å². The van der Waals surface area contributed by atoms with E-state index in [0.717, 1.165) is 17.8 Å². The Hall–Kier alpha value is -1.01. The number of aromatic nitrogens is 2. The fourth-order valence-electron chi connectivity index (χ4n) is 1.82. The molecular formula is C13H24N4OS. The molecule has 3 N–H and O–H groups in total. The zero-order chi connectivity index (χ0) is 14.4. The topological polar surface area (TPSA) is 80.9 Å². The van der Waals surface area contributed by atoms with Gasteiger partial charge in [0.2, 0.25) is 11.0 Å². The third-order valence-corrected chi connectivity index (χ3v) is 3.55. The van der Waals surface area contributed by atoms with Crippen LogP contribution < -0.4 is 11.1 Å². The summed E-state index contributed by atoms with van der Waals surface area (Å²) in [6, 6.07) is 0. The summed E-state index contributed by atoms with van der Waals surface area (Å²) in [4.78, 5) is 12.1. The number of rotatable bonds is 7. The first kappa shape index (κ1) is 16.0. The molecule has 1 rings (SSSR count). The van der Waals surface area contributed by atoms with E-state index in [0.29, 0.717) is 23.5 Å². The molecule has 1 unspecified atom stereocenters. The van der Waals surface area contributed by atoms with E-state index in [1.54, 1.807) is 0 Å². The molecule has 1 atom stereocenters. The number of hydrogen-bond acceptors (Lipinski definition) is 5. The molecule has 1 aromatic rings. The van der Waals surface area contributed by atoms with Gasteiger partial charge in [0.05, 0.1) is 5.92 Å². The minimum absolute atomic E-state index is 0.0524. The molecule has 0 aliphatic rings. The molecule has 5 nitrogen and oxygen atoms in total. The number of carbonyl (C=O) groups is 1. The van der Waals surface area contributed by atoms with Crippen LogP contribution in [-0.4, -0.2) is 22.6 Å². The molecule has 0 aliphatic carbocycles. The number of anilines is 1. The number of nitrogens with one attached hydrogen (secondary N) is 1. The van der Waals surface area contributed by atoms with Gasteiger partial charge in [-0.1, -0.05) is 39.0 Å². The molecule has 19 heavy (non-hydrogen) atoms. The molecule has 0 bridgehead atoms. The molecule has 6 heteroatoms. The van der Waals surface area contributed by atoms with Gasteiger partial charge in [-0.2, -0.15) is 0 Å². The highest BCUT2D eigenvalue weighted by Gasteiger charge is 2.19. The molecule has 0 aliphatic heterocycles. The predicted octanol–water partition coefficient (Wildman–Crippen LogP) is 2.30. The fourth-order valence-corrected chi connectivity index (χ4v) is 2.78. The molecule has 0 saturated carbocycles. The van der Waals surface area contributed by atoms with Crippen LogP contribution in [0.1, 0.15) is 39.1 Å². The Labute approximate surface area is 119 Å². The maximum absolute atomic E-state index is 12.1. The normalized spacial score (nSPS) is 13.0. The zero-order valence-corrected chi connectivity index (χ0v) is 13.0. The van der Waals surface area contributed by atoms with Gasteiger partial charge >= 0.3 is 0 Å². The summed E-state index contributed by atoms with van der Waals surface area (Å²) >= 11 is 1.44. The zero-order valence-electron chi connectivity index (χ0n) is 12.1. The van der Waals surface area contributed by atoms with E-state index in [9.17, 15) is 4.79 Å². The van der Waals surface area contributed by atoms with Crippen LogP contribution in [0.3, 0.4) is 0 Å². The first-order chi connectivity index (χ1) is 8.92. The van der Waals surface area contributed by atoms with Crippen LogP contribution in [0.15, 0.2) is 0 Å². The lowest BCUT2D eigenvalue weighted by molar-refractivity contribution is -0.120. The van der Waals surface area contributed by atoms with Crippen molar-refractivity contribution in [3.63, 3.8) is 0 Å². The van der Waals surface area contributed by atoms with Crippen molar-refractivity contribution >= 4 is 22.4 Å². The van der Waals surface area contributed by atoms with Crippen molar-refractivity contribution in [3.8, 4) is 0 Å². The Balaban J connectivity index is 2.57. The van der Waals surface area contributed by atoms with Crippen LogP contribution in [-0.2, 0) is 11.2 Å². The van der Waals surface area contributed by atoms with Crippen LogP contribution in [0, 0.1) is 17.8 Å². The third kappa shape index (κ3) is 5.65. The van der Waals surface area contributed by atoms with E-state index in [4.69, 9.17) is 5.73 Å². The molecule has 0 spiro atoms. The van der Waals surface area contributed by atoms with E-state index < -0.39 is 0 Å². The molecule has 1 amide bonds. The van der Waals surface area contributed by atoms with Crippen LogP contribution >= 0.6 is 11.3 Å². The summed E-state index contributed by atoms with van der Waals surface area (Å²) in [6.45, 7) is 8.80. The second-order valence-corrected chi connectivity index (χ2v) is 6.71. The number of nitrogens with two attached hydrogens (primary N) is 1. The van der Waals surface area contributed by atoms with Gasteiger partial charge in [-0.15, -0.1) is 10.2 Å². The molecule has 0 saturated heterocycles. The summed E-state index contributed by atoms with van der Waals surface area (Å²) in [6.07, 6.45) is 1.68. The molecule has 0 fully saturated rings. The Kier molecular flexibility index (Phi) is 6.37. The number of hydrogen-bond donors (Lipinski definition) is 2. The lowest BCUT2D eigenvalue weighted by Crippen LogP contribution is -2.30. The molecule has 1 heterocycles. The van der Waals surface area contributed by atoms with Crippen molar-refractivity contribution in [3.05, 3.63) is 5.01 Å². The monoisotopic (exact) mass is 284 g/mol. The molecule has 0 radical (unpaired) electrons. The maximum Gasteiger partial charge on any atom is 0.230 e. The summed E-state index contributed by atoms with van der Waals surface area (Å²) in [5, 5.41) is 12.4. The van der Waals surface area contributed by atoms with Crippen LogP contribution in [0.25, 0.3) is 0 Å². The highest BCUT2D eigenvalue weighted by Crippen LogP contribution is 2.20. The van der Waals surface area contributed by atoms with Crippen molar-refractivity contribution in [1.29, 1.82) is 0 Å². The largest absolute Gasteiger partial charge is 0.330 e. The molecule has 1 aromatic heterocycles. The van der Waals surface area contributed by atoms with Gasteiger partial charge in [0.25, 0.3) is 0 Å². The summed E-state index contributed by atoms with van der Waals surface area (Å²) < 4.78 is 0. The minimum atomic E-state index is -0.155. The molecule has 108 valence electrons. The van der Waals surface area contributed by atoms with Crippen molar-refractivity contribution in [1.82, 2.24) is 10.2 Å². The van der Waals surface area contributed by atoms with Crippen LogP contribution in [0.2, 0.25) is 0 Å². The van der Waals surface area contributed by atoms with Crippen molar-refractivity contribution in [2.75, 3.05) is 11.9 Å². The van der Waals surface area contributed by atoms with E-state index in [-0.39, 0.29) is 11.8 Å². The highest BCUT2D eigenvalue weighted by molar-refractivity contribution is 7.15. The summed E-state index contributed by atoms with van der Waals surface area (Å²) in [5.74, 6) is 0.778. The SMILES string of the molecule is CC(C)Cc1nnc(NC(=O)C(CN)CC(C)C)s1. The van der Waals surface area contributed by atoms with E-state index in [2.05, 4.69) is 43.2 Å². The number of carbonyl (C=O) groups excluding carboxylic acids is 1. The number of nitrogens with zero attached hydrogens (tertiary/aromatic N) is 2. The quantitative estimate of drug-likeness (QED) is 0.805. The van der Waals surface area contributed by atoms with E-state index in [1.165, 1.54) is 11.3 Å². The first-order valence-corrected chi connectivity index (χ1v) is 7.57. The summed E-state index contributed by atoms with van der Waals surface area (Å²) in [7, 11) is 0. The summed E-state index contributed by atoms with van der Waals surface area (Å²) in [5.41, 5.74) is 5.65. The van der Waals surface area contributed by atoms with Gasteiger partial charge in [0.15, 0.2) is 0 Å². The maximum atomic E-state index is 12.1. The lowest BCUT2D eigenvalue weighted by atomic mass is 9.96. The second-order valence-electron chi connectivity index (χ2n) is 5.65. The Morgan fingerprint density at radius 3 is 2.47 bits per heavy atom. The van der Waals surface area contributed by atoms with Gasteiger partial charge < -0.3 is 11.1 Å². The third-order valence-electron chi connectivity index (χ3n) is 2.69. The van der Waals surface area contributed by atoms with Gasteiger partial charge in [0.1, 0.15) is 5.01 Å². The highest BCUT2D eigenvalue weighted by atomic mass is 32.1. The minimum Gasteiger partial charge on any atom is -0.330 e. The first-order valence-electron chi connectivity index (χ1n) is 6.75. The lowest BCUT2D eigenvalue weighted by Gasteiger charge is -2.15. The van der Waals surface area contributed by atoms with Gasteiger partial charge in [0, 0.05) is 13.0 Å². The fraction of sp³-hybridized carbons (Fsp3) is 0.769. The average Bonchev–Trinajstić information content (AvgIpc) is 2.71. The number of amides is 1. The smallest absolute Gasteiger partial charge is 0.230 e. The standard InChI is InChI=1S/C13H24N4OS/c1-8(2)5-10(7-14)12(18)15-13-17-16-11(19-13)6-9(3)4/h8-10H,5-7,14H2,1-4H3,(H,15,17,18). The van der Waals surface area contributed by atoms with Crippen LogP contribution in [0.5, 0.6) is 0 Å². The Morgan fingerprint density at radius 2 is 1.95 bits per heavy atom. The van der Waals surface area contributed by atoms with Crippen molar-refractivity contribution in [2.45, 2.75) is 40.5 Å². The van der Waals surface area contributed by atoms with Gasteiger partial charge in [-0.25, -0.2) is 0 Å². The van der Waals surface area contributed by atoms with Crippen molar-refractivity contribution in [2.24, 2.45) is 23.5 Å². The Bertz CT molecular complexity index is 403. The van der Waals surface area contributed by atoms with E-state index in [1.807, 2.05) is 0 Å². The van der Waals surface area contributed by atoms with Crippen molar-refractivity contribution < 1.29 is 4.79 Å². The predicted molar refractivity (Wildman–Crippen MR) is 79.1 cm³/mol. The molecular weight excluding hydrogens is 260 g/mol. The second kappa shape index (κ2) is 7.55. The van der Waals surface area contributed by atoms with Gasteiger partial charge in [-0.3, -0.25) is 4.79 Å². The van der Waals surface area contributed by atoms with Gasteiger partial charge in [-0.05, 0) is 18.3 Å².